The van der Waals surface area contributed by atoms with E-state index in [0.29, 0.717) is 23.5 Å². The Bertz CT molecular complexity index is 701. The van der Waals surface area contributed by atoms with Crippen molar-refractivity contribution in [3.05, 3.63) is 22.8 Å². The lowest BCUT2D eigenvalue weighted by Crippen LogP contribution is -2.24. The molecule has 24 heavy (non-hydrogen) atoms. The number of halogens is 3. The molecule has 0 radical (unpaired) electrons. The van der Waals surface area contributed by atoms with E-state index >= 15 is 0 Å². The van der Waals surface area contributed by atoms with Crippen LogP contribution in [0.3, 0.4) is 0 Å². The van der Waals surface area contributed by atoms with Crippen LogP contribution in [-0.4, -0.2) is 30.3 Å². The molecule has 0 aromatic carbocycles. The molecule has 0 aliphatic carbocycles. The summed E-state index contributed by atoms with van der Waals surface area (Å²) in [6, 6.07) is 4.67. The molecular formula is C16H23BrF2N2O2Si. The third-order valence-electron chi connectivity index (χ3n) is 3.54. The number of hydrogen-bond donors (Lipinski definition) is 0. The molecule has 0 aliphatic rings. The van der Waals surface area contributed by atoms with Crippen LogP contribution in [0.2, 0.25) is 25.7 Å². The summed E-state index contributed by atoms with van der Waals surface area (Å²) < 4.78 is 39.6. The molecule has 2 rings (SSSR count). The summed E-state index contributed by atoms with van der Waals surface area (Å²) in [5.41, 5.74) is 0.563. The lowest BCUT2D eigenvalue weighted by molar-refractivity contribution is -0.179. The van der Waals surface area contributed by atoms with E-state index in [1.54, 1.807) is 10.6 Å². The van der Waals surface area contributed by atoms with E-state index < -0.39 is 20.6 Å². The van der Waals surface area contributed by atoms with Crippen molar-refractivity contribution < 1.29 is 18.3 Å². The largest absolute Gasteiger partial charge is 0.413 e. The maximum absolute atomic E-state index is 13.5. The Balaban J connectivity index is 2.14. The highest BCUT2D eigenvalue weighted by molar-refractivity contribution is 9.10. The Morgan fingerprint density at radius 2 is 2.04 bits per heavy atom. The lowest BCUT2D eigenvalue weighted by Gasteiger charge is -2.17. The van der Waals surface area contributed by atoms with Crippen molar-refractivity contribution in [2.75, 3.05) is 6.61 Å². The van der Waals surface area contributed by atoms with Crippen molar-refractivity contribution in [1.82, 2.24) is 9.55 Å². The SMILES string of the molecule is CCC(F)(F)Oc1nc2c(ccn2COCC[Si](C)(C)C)cc1Br. The summed E-state index contributed by atoms with van der Waals surface area (Å²) in [7, 11) is -1.14. The first-order valence-electron chi connectivity index (χ1n) is 7.91. The van der Waals surface area contributed by atoms with Gasteiger partial charge in [-0.25, -0.2) is 0 Å². The molecule has 0 amide bonds. The van der Waals surface area contributed by atoms with Gasteiger partial charge in [-0.3, -0.25) is 0 Å². The van der Waals surface area contributed by atoms with Crippen LogP contribution in [0, 0.1) is 0 Å². The van der Waals surface area contributed by atoms with Crippen LogP contribution in [-0.2, 0) is 11.5 Å². The van der Waals surface area contributed by atoms with Gasteiger partial charge in [0, 0.05) is 32.7 Å². The zero-order valence-corrected chi connectivity index (χ0v) is 17.0. The summed E-state index contributed by atoms with van der Waals surface area (Å²) in [6.45, 7) is 9.25. The Labute approximate surface area is 150 Å². The van der Waals surface area contributed by atoms with E-state index in [1.807, 2.05) is 12.3 Å². The van der Waals surface area contributed by atoms with Crippen molar-refractivity contribution in [2.24, 2.45) is 0 Å². The maximum Gasteiger partial charge on any atom is 0.398 e. The summed E-state index contributed by atoms with van der Waals surface area (Å²) in [4.78, 5) is 4.24. The average molecular weight is 421 g/mol. The van der Waals surface area contributed by atoms with E-state index in [2.05, 4.69) is 40.6 Å². The molecular weight excluding hydrogens is 398 g/mol. The van der Waals surface area contributed by atoms with E-state index in [4.69, 9.17) is 9.47 Å². The van der Waals surface area contributed by atoms with Gasteiger partial charge in [0.05, 0.1) is 4.47 Å². The Morgan fingerprint density at radius 3 is 2.67 bits per heavy atom. The van der Waals surface area contributed by atoms with Crippen LogP contribution in [0.4, 0.5) is 8.78 Å². The second kappa shape index (κ2) is 7.49. The number of hydrogen-bond acceptors (Lipinski definition) is 3. The van der Waals surface area contributed by atoms with Gasteiger partial charge >= 0.3 is 6.11 Å². The standard InChI is InChI=1S/C16H23BrF2N2O2Si/c1-5-16(18,19)23-15-13(17)10-12-6-7-21(14(12)20-15)11-22-8-9-24(2,3)4/h6-7,10H,5,8-9,11H2,1-4H3. The van der Waals surface area contributed by atoms with Crippen molar-refractivity contribution in [2.45, 2.75) is 51.9 Å². The second-order valence-electron chi connectivity index (χ2n) is 6.91. The first kappa shape index (κ1) is 19.3. The Morgan fingerprint density at radius 1 is 1.33 bits per heavy atom. The number of fused-ring (bicyclic) bond motifs is 1. The first-order chi connectivity index (χ1) is 11.1. The monoisotopic (exact) mass is 420 g/mol. The molecule has 2 aromatic rings. The van der Waals surface area contributed by atoms with Crippen molar-refractivity contribution in [1.29, 1.82) is 0 Å². The predicted octanol–water partition coefficient (Wildman–Crippen LogP) is 5.49. The summed E-state index contributed by atoms with van der Waals surface area (Å²) in [5, 5.41) is 0.836. The maximum atomic E-state index is 13.5. The number of nitrogens with zero attached hydrogens (tertiary/aromatic N) is 2. The van der Waals surface area contributed by atoms with Crippen LogP contribution in [0.1, 0.15) is 13.3 Å². The van der Waals surface area contributed by atoms with Crippen molar-refractivity contribution >= 4 is 35.0 Å². The molecule has 134 valence electrons. The van der Waals surface area contributed by atoms with Crippen LogP contribution in [0.25, 0.3) is 11.0 Å². The Kier molecular flexibility index (Phi) is 6.03. The topological polar surface area (TPSA) is 36.3 Å². The highest BCUT2D eigenvalue weighted by Gasteiger charge is 2.30. The smallest absolute Gasteiger partial charge is 0.398 e. The number of pyridine rings is 1. The van der Waals surface area contributed by atoms with Gasteiger partial charge in [-0.1, -0.05) is 26.6 Å². The van der Waals surface area contributed by atoms with Crippen LogP contribution < -0.4 is 4.74 Å². The van der Waals surface area contributed by atoms with Crippen molar-refractivity contribution in [3.8, 4) is 5.88 Å². The normalized spacial score (nSPS) is 12.8. The van der Waals surface area contributed by atoms with E-state index in [0.717, 1.165) is 11.4 Å². The minimum Gasteiger partial charge on any atom is -0.413 e. The first-order valence-corrected chi connectivity index (χ1v) is 12.4. The zero-order chi connectivity index (χ0) is 18.0. The van der Waals surface area contributed by atoms with Gasteiger partial charge in [-0.05, 0) is 34.1 Å². The van der Waals surface area contributed by atoms with E-state index in [-0.39, 0.29) is 5.88 Å². The van der Waals surface area contributed by atoms with Crippen LogP contribution in [0.15, 0.2) is 22.8 Å². The summed E-state index contributed by atoms with van der Waals surface area (Å²) >= 11 is 3.24. The van der Waals surface area contributed by atoms with E-state index in [9.17, 15) is 8.78 Å². The molecule has 0 saturated carbocycles. The number of ether oxygens (including phenoxy) is 2. The lowest BCUT2D eigenvalue weighted by atomic mass is 10.3. The fourth-order valence-electron chi connectivity index (χ4n) is 2.00. The van der Waals surface area contributed by atoms with Crippen LogP contribution >= 0.6 is 15.9 Å². The molecule has 0 saturated heterocycles. The van der Waals surface area contributed by atoms with Gasteiger partial charge in [-0.15, -0.1) is 0 Å². The fraction of sp³-hybridized carbons (Fsp3) is 0.562. The number of alkyl halides is 2. The molecule has 0 aliphatic heterocycles. The fourth-order valence-corrected chi connectivity index (χ4v) is 3.17. The number of aromatic nitrogens is 2. The van der Waals surface area contributed by atoms with E-state index in [1.165, 1.54) is 6.92 Å². The predicted molar refractivity (Wildman–Crippen MR) is 97.4 cm³/mol. The van der Waals surface area contributed by atoms with Crippen LogP contribution in [0.5, 0.6) is 5.88 Å². The van der Waals surface area contributed by atoms with Gasteiger partial charge in [0.15, 0.2) is 0 Å². The van der Waals surface area contributed by atoms with Gasteiger partial charge in [0.25, 0.3) is 0 Å². The molecule has 0 atom stereocenters. The molecule has 0 unspecified atom stereocenters. The minimum atomic E-state index is -3.24. The quantitative estimate of drug-likeness (QED) is 0.418. The highest BCUT2D eigenvalue weighted by atomic mass is 79.9. The molecule has 2 heterocycles. The zero-order valence-electron chi connectivity index (χ0n) is 14.4. The highest BCUT2D eigenvalue weighted by Crippen LogP contribution is 2.32. The molecule has 0 bridgehead atoms. The average Bonchev–Trinajstić information content (AvgIpc) is 2.85. The van der Waals surface area contributed by atoms with Gasteiger partial charge < -0.3 is 14.0 Å². The van der Waals surface area contributed by atoms with Gasteiger partial charge in [0.2, 0.25) is 5.88 Å². The van der Waals surface area contributed by atoms with Crippen molar-refractivity contribution in [3.63, 3.8) is 0 Å². The molecule has 0 spiro atoms. The van der Waals surface area contributed by atoms with Gasteiger partial charge in [-0.2, -0.15) is 13.8 Å². The molecule has 0 N–H and O–H groups in total. The molecule has 8 heteroatoms. The van der Waals surface area contributed by atoms with Gasteiger partial charge in [0.1, 0.15) is 12.4 Å². The molecule has 0 fully saturated rings. The third-order valence-corrected chi connectivity index (χ3v) is 5.81. The Hall–Kier alpha value is -0.993. The molecule has 2 aromatic heterocycles. The minimum absolute atomic E-state index is 0.114. The molecule has 4 nitrogen and oxygen atoms in total. The number of rotatable bonds is 8. The second-order valence-corrected chi connectivity index (χ2v) is 13.4. The third kappa shape index (κ3) is 5.25. The summed E-state index contributed by atoms with van der Waals surface area (Å²) in [6.07, 6.45) is -1.82. The summed E-state index contributed by atoms with van der Waals surface area (Å²) in [5.74, 6) is -0.114.